The van der Waals surface area contributed by atoms with Gasteiger partial charge >= 0.3 is 0 Å². The van der Waals surface area contributed by atoms with Crippen molar-refractivity contribution in [2.75, 3.05) is 7.11 Å². The number of ether oxygens (including phenoxy) is 1. The van der Waals surface area contributed by atoms with Crippen LogP contribution in [0.5, 0.6) is 5.75 Å². The van der Waals surface area contributed by atoms with E-state index in [2.05, 4.69) is 26.1 Å². The minimum Gasteiger partial charge on any atom is -0.496 e. The van der Waals surface area contributed by atoms with Crippen LogP contribution in [-0.4, -0.2) is 32.5 Å². The minimum absolute atomic E-state index is 0.131. The molecule has 0 unspecified atom stereocenters. The number of aryl methyl sites for hydroxylation is 1. The van der Waals surface area contributed by atoms with E-state index in [1.807, 2.05) is 29.1 Å². The van der Waals surface area contributed by atoms with Crippen molar-refractivity contribution in [1.82, 2.24) is 19.6 Å². The molecule has 7 heteroatoms. The Hall–Kier alpha value is -2.67. The molecule has 3 aromatic rings. The average Bonchev–Trinajstić information content (AvgIpc) is 3.21. The van der Waals surface area contributed by atoms with Gasteiger partial charge in [-0.05, 0) is 45.8 Å². The lowest BCUT2D eigenvalue weighted by Crippen LogP contribution is -2.02. The number of nitrogens with zero attached hydrogens (tertiary/aromatic N) is 4. The molecule has 0 amide bonds. The van der Waals surface area contributed by atoms with Crippen LogP contribution in [0, 0.1) is 0 Å². The molecular weight excluding hydrogens is 384 g/mol. The normalized spacial score (nSPS) is 11.2. The molecule has 1 aromatic carbocycles. The van der Waals surface area contributed by atoms with Gasteiger partial charge in [-0.1, -0.05) is 12.1 Å². The zero-order chi connectivity index (χ0) is 17.8. The van der Waals surface area contributed by atoms with Crippen LogP contribution in [0.2, 0.25) is 0 Å². The third kappa shape index (κ3) is 4.24. The monoisotopic (exact) mass is 400 g/mol. The summed E-state index contributed by atoms with van der Waals surface area (Å²) in [5.41, 5.74) is 2.31. The summed E-state index contributed by atoms with van der Waals surface area (Å²) < 4.78 is 9.76. The summed E-state index contributed by atoms with van der Waals surface area (Å²) >= 11 is 3.39. The van der Waals surface area contributed by atoms with Crippen LogP contribution in [0.25, 0.3) is 6.08 Å². The molecule has 2 aromatic heterocycles. The lowest BCUT2D eigenvalue weighted by Gasteiger charge is -2.09. The van der Waals surface area contributed by atoms with E-state index in [0.29, 0.717) is 12.2 Å². The van der Waals surface area contributed by atoms with Crippen molar-refractivity contribution in [2.45, 2.75) is 6.54 Å². The van der Waals surface area contributed by atoms with Crippen molar-refractivity contribution in [3.8, 4) is 5.75 Å². The van der Waals surface area contributed by atoms with Crippen LogP contribution in [0.1, 0.15) is 21.6 Å². The van der Waals surface area contributed by atoms with Gasteiger partial charge in [0.25, 0.3) is 0 Å². The second-order valence-electron chi connectivity index (χ2n) is 5.50. The molecular formula is C18H17BrN4O2. The van der Waals surface area contributed by atoms with E-state index in [-0.39, 0.29) is 5.78 Å². The fourth-order valence-electron chi connectivity index (χ4n) is 2.43. The van der Waals surface area contributed by atoms with Gasteiger partial charge in [0.2, 0.25) is 5.78 Å². The Bertz CT molecular complexity index is 927. The Labute approximate surface area is 153 Å². The van der Waals surface area contributed by atoms with Crippen molar-refractivity contribution in [3.05, 3.63) is 70.2 Å². The van der Waals surface area contributed by atoms with E-state index in [1.54, 1.807) is 43.4 Å². The van der Waals surface area contributed by atoms with Crippen molar-refractivity contribution >= 4 is 27.8 Å². The van der Waals surface area contributed by atoms with Crippen molar-refractivity contribution < 1.29 is 9.53 Å². The molecule has 3 rings (SSSR count). The molecule has 6 nitrogen and oxygen atoms in total. The Morgan fingerprint density at radius 3 is 2.84 bits per heavy atom. The minimum atomic E-state index is -0.131. The maximum absolute atomic E-state index is 12.1. The van der Waals surface area contributed by atoms with Gasteiger partial charge in [-0.25, -0.2) is 0 Å². The molecule has 0 bridgehead atoms. The number of aromatic nitrogens is 4. The summed E-state index contributed by atoms with van der Waals surface area (Å²) in [5, 5.41) is 8.37. The van der Waals surface area contributed by atoms with Crippen molar-refractivity contribution in [1.29, 1.82) is 0 Å². The lowest BCUT2D eigenvalue weighted by molar-refractivity contribution is 0.104. The number of allylic oxidation sites excluding steroid dienone is 1. The topological polar surface area (TPSA) is 61.9 Å². The summed E-state index contributed by atoms with van der Waals surface area (Å²) in [6.07, 6.45) is 8.68. The molecule has 0 aliphatic rings. The molecule has 0 radical (unpaired) electrons. The van der Waals surface area contributed by atoms with Crippen LogP contribution >= 0.6 is 15.9 Å². The fraction of sp³-hybridized carbons (Fsp3) is 0.167. The molecule has 25 heavy (non-hydrogen) atoms. The standard InChI is InChI=1S/C18H17BrN4O2/c1-22-8-7-16(21-22)17(24)5-3-13-4-6-18(25-2)14(9-13)11-23-12-15(19)10-20-23/h3-10,12H,11H2,1-2H3/b5-3+. The summed E-state index contributed by atoms with van der Waals surface area (Å²) in [4.78, 5) is 12.1. The number of carbonyl (C=O) groups excluding carboxylic acids is 1. The number of hydrogen-bond donors (Lipinski definition) is 0. The van der Waals surface area contributed by atoms with Gasteiger partial charge < -0.3 is 4.74 Å². The van der Waals surface area contributed by atoms with Crippen LogP contribution in [0.15, 0.2) is 53.4 Å². The van der Waals surface area contributed by atoms with Gasteiger partial charge in [0.15, 0.2) is 0 Å². The largest absolute Gasteiger partial charge is 0.496 e. The van der Waals surface area contributed by atoms with E-state index in [4.69, 9.17) is 4.74 Å². The van der Waals surface area contributed by atoms with Gasteiger partial charge in [-0.2, -0.15) is 10.2 Å². The van der Waals surface area contributed by atoms with Gasteiger partial charge in [0.1, 0.15) is 11.4 Å². The first kappa shape index (κ1) is 17.2. The molecule has 0 atom stereocenters. The highest BCUT2D eigenvalue weighted by Crippen LogP contribution is 2.22. The fourth-order valence-corrected chi connectivity index (χ4v) is 2.76. The lowest BCUT2D eigenvalue weighted by atomic mass is 10.1. The third-order valence-corrected chi connectivity index (χ3v) is 4.04. The maximum atomic E-state index is 12.1. The maximum Gasteiger partial charge on any atom is 0.206 e. The highest BCUT2D eigenvalue weighted by Gasteiger charge is 2.07. The number of rotatable bonds is 6. The average molecular weight is 401 g/mol. The van der Waals surface area contributed by atoms with Gasteiger partial charge in [-0.3, -0.25) is 14.2 Å². The van der Waals surface area contributed by atoms with Crippen molar-refractivity contribution in [3.63, 3.8) is 0 Å². The Morgan fingerprint density at radius 2 is 2.20 bits per heavy atom. The van der Waals surface area contributed by atoms with Crippen LogP contribution in [0.4, 0.5) is 0 Å². The first-order valence-corrected chi connectivity index (χ1v) is 8.41. The molecule has 0 N–H and O–H groups in total. The summed E-state index contributed by atoms with van der Waals surface area (Å²) in [5.74, 6) is 0.647. The molecule has 0 fully saturated rings. The van der Waals surface area contributed by atoms with E-state index in [1.165, 1.54) is 6.08 Å². The Balaban J connectivity index is 1.81. The van der Waals surface area contributed by atoms with Gasteiger partial charge in [0, 0.05) is 25.0 Å². The summed E-state index contributed by atoms with van der Waals surface area (Å²) in [6.45, 7) is 0.574. The van der Waals surface area contributed by atoms with E-state index < -0.39 is 0 Å². The summed E-state index contributed by atoms with van der Waals surface area (Å²) in [6, 6.07) is 7.47. The SMILES string of the molecule is COc1ccc(/C=C/C(=O)c2ccn(C)n2)cc1Cn1cc(Br)cn1. The first-order chi connectivity index (χ1) is 12.0. The van der Waals surface area contributed by atoms with E-state index in [0.717, 1.165) is 21.3 Å². The zero-order valence-electron chi connectivity index (χ0n) is 13.9. The molecule has 2 heterocycles. The first-order valence-electron chi connectivity index (χ1n) is 7.62. The van der Waals surface area contributed by atoms with E-state index in [9.17, 15) is 4.79 Å². The predicted molar refractivity (Wildman–Crippen MR) is 98.6 cm³/mol. The molecule has 0 saturated carbocycles. The Morgan fingerprint density at radius 1 is 1.36 bits per heavy atom. The second-order valence-corrected chi connectivity index (χ2v) is 6.42. The zero-order valence-corrected chi connectivity index (χ0v) is 15.5. The molecule has 0 saturated heterocycles. The smallest absolute Gasteiger partial charge is 0.206 e. The molecule has 0 aliphatic carbocycles. The molecule has 0 aliphatic heterocycles. The quantitative estimate of drug-likeness (QED) is 0.470. The molecule has 128 valence electrons. The Kier molecular flexibility index (Phi) is 5.14. The number of halogens is 1. The van der Waals surface area contributed by atoms with E-state index >= 15 is 0 Å². The van der Waals surface area contributed by atoms with Gasteiger partial charge in [-0.15, -0.1) is 0 Å². The number of benzene rings is 1. The highest BCUT2D eigenvalue weighted by molar-refractivity contribution is 9.10. The van der Waals surface area contributed by atoms with Crippen molar-refractivity contribution in [2.24, 2.45) is 7.05 Å². The second kappa shape index (κ2) is 7.48. The highest BCUT2D eigenvalue weighted by atomic mass is 79.9. The number of hydrogen-bond acceptors (Lipinski definition) is 4. The third-order valence-electron chi connectivity index (χ3n) is 3.63. The van der Waals surface area contributed by atoms with Gasteiger partial charge in [0.05, 0.1) is 24.3 Å². The number of carbonyl (C=O) groups is 1. The van der Waals surface area contributed by atoms with Crippen LogP contribution < -0.4 is 4.74 Å². The number of methoxy groups -OCH3 is 1. The van der Waals surface area contributed by atoms with Crippen LogP contribution in [-0.2, 0) is 13.6 Å². The number of ketones is 1. The van der Waals surface area contributed by atoms with Crippen LogP contribution in [0.3, 0.4) is 0 Å². The summed E-state index contributed by atoms with van der Waals surface area (Å²) in [7, 11) is 3.42. The predicted octanol–water partition coefficient (Wildman–Crippen LogP) is 3.33. The molecule has 0 spiro atoms.